The number of hydrogen-bond acceptors (Lipinski definition) is 3. The van der Waals surface area contributed by atoms with E-state index in [1.165, 1.54) is 0 Å². The van der Waals surface area contributed by atoms with Gasteiger partial charge in [0.2, 0.25) is 0 Å². The standard InChI is InChI=1S/C17H18BrF2NO2/c1-11(12-5-3-2-4-6-12)21-9-14(22)10-23-17-15(19)7-13(18)8-16(17)20/h2-8,11,14,21-22H,9-10H2,1H3/t11-,14-/m1/s1. The van der Waals surface area contributed by atoms with Gasteiger partial charge in [0.1, 0.15) is 12.7 Å². The molecule has 0 aromatic heterocycles. The van der Waals surface area contributed by atoms with Crippen molar-refractivity contribution >= 4 is 15.9 Å². The van der Waals surface area contributed by atoms with E-state index in [0.717, 1.165) is 17.7 Å². The Morgan fingerprint density at radius 1 is 1.17 bits per heavy atom. The zero-order valence-electron chi connectivity index (χ0n) is 12.6. The molecule has 0 radical (unpaired) electrons. The maximum Gasteiger partial charge on any atom is 0.190 e. The highest BCUT2D eigenvalue weighted by atomic mass is 79.9. The summed E-state index contributed by atoms with van der Waals surface area (Å²) >= 11 is 3.00. The molecule has 3 nitrogen and oxygen atoms in total. The van der Waals surface area contributed by atoms with Gasteiger partial charge in [-0.3, -0.25) is 0 Å². The number of halogens is 3. The Balaban J connectivity index is 1.83. The summed E-state index contributed by atoms with van der Waals surface area (Å²) in [5, 5.41) is 13.0. The topological polar surface area (TPSA) is 41.5 Å². The Kier molecular flexibility index (Phi) is 6.50. The summed E-state index contributed by atoms with van der Waals surface area (Å²) in [4.78, 5) is 0. The molecule has 0 aliphatic rings. The third-order valence-electron chi connectivity index (χ3n) is 3.34. The fourth-order valence-corrected chi connectivity index (χ4v) is 2.48. The van der Waals surface area contributed by atoms with E-state index in [1.54, 1.807) is 0 Å². The lowest BCUT2D eigenvalue weighted by molar-refractivity contribution is 0.0993. The summed E-state index contributed by atoms with van der Waals surface area (Å²) in [6, 6.07) is 12.0. The van der Waals surface area contributed by atoms with Crippen molar-refractivity contribution in [1.82, 2.24) is 5.32 Å². The molecule has 0 heterocycles. The predicted molar refractivity (Wildman–Crippen MR) is 88.4 cm³/mol. The zero-order chi connectivity index (χ0) is 16.8. The van der Waals surface area contributed by atoms with Crippen LogP contribution in [0.3, 0.4) is 0 Å². The molecular formula is C17H18BrF2NO2. The molecule has 124 valence electrons. The van der Waals surface area contributed by atoms with E-state index in [4.69, 9.17) is 4.74 Å². The second-order valence-electron chi connectivity index (χ2n) is 5.20. The Morgan fingerprint density at radius 2 is 1.78 bits per heavy atom. The minimum atomic E-state index is -0.886. The van der Waals surface area contributed by atoms with Gasteiger partial charge in [0, 0.05) is 17.1 Å². The van der Waals surface area contributed by atoms with Crippen molar-refractivity contribution in [2.45, 2.75) is 19.1 Å². The van der Waals surface area contributed by atoms with Crippen LogP contribution in [-0.2, 0) is 0 Å². The van der Waals surface area contributed by atoms with Crippen LogP contribution in [0, 0.1) is 11.6 Å². The number of benzene rings is 2. The van der Waals surface area contributed by atoms with Crippen LogP contribution >= 0.6 is 15.9 Å². The van der Waals surface area contributed by atoms with Crippen molar-refractivity contribution in [3.8, 4) is 5.75 Å². The fourth-order valence-electron chi connectivity index (χ4n) is 2.08. The van der Waals surface area contributed by atoms with E-state index in [-0.39, 0.29) is 19.2 Å². The molecule has 2 atom stereocenters. The smallest absolute Gasteiger partial charge is 0.190 e. The molecule has 6 heteroatoms. The lowest BCUT2D eigenvalue weighted by Gasteiger charge is -2.18. The van der Waals surface area contributed by atoms with Gasteiger partial charge in [-0.15, -0.1) is 0 Å². The van der Waals surface area contributed by atoms with Crippen LogP contribution in [0.5, 0.6) is 5.75 Å². The minimum Gasteiger partial charge on any atom is -0.485 e. The van der Waals surface area contributed by atoms with Crippen molar-refractivity contribution in [2.75, 3.05) is 13.2 Å². The number of nitrogens with one attached hydrogen (secondary N) is 1. The lowest BCUT2D eigenvalue weighted by Crippen LogP contribution is -2.33. The van der Waals surface area contributed by atoms with Crippen LogP contribution in [0.4, 0.5) is 8.78 Å². The van der Waals surface area contributed by atoms with Crippen molar-refractivity contribution in [2.24, 2.45) is 0 Å². The van der Waals surface area contributed by atoms with Gasteiger partial charge in [-0.2, -0.15) is 0 Å². The SMILES string of the molecule is C[C@@H](NC[C@@H](O)COc1c(F)cc(Br)cc1F)c1ccccc1. The van der Waals surface area contributed by atoms with Gasteiger partial charge in [0.15, 0.2) is 17.4 Å². The molecule has 2 aromatic rings. The molecule has 0 unspecified atom stereocenters. The zero-order valence-corrected chi connectivity index (χ0v) is 14.2. The van der Waals surface area contributed by atoms with Crippen LogP contribution < -0.4 is 10.1 Å². The Labute approximate surface area is 142 Å². The Bertz CT molecular complexity index is 617. The maximum atomic E-state index is 13.6. The quantitative estimate of drug-likeness (QED) is 0.761. The number of aliphatic hydroxyl groups is 1. The number of hydrogen-bond donors (Lipinski definition) is 2. The summed E-state index contributed by atoms with van der Waals surface area (Å²) < 4.78 is 32.6. The van der Waals surface area contributed by atoms with Crippen LogP contribution in [0.25, 0.3) is 0 Å². The van der Waals surface area contributed by atoms with Crippen molar-refractivity contribution in [3.05, 3.63) is 64.1 Å². The molecule has 0 saturated heterocycles. The molecule has 2 aromatic carbocycles. The Morgan fingerprint density at radius 3 is 2.39 bits per heavy atom. The van der Waals surface area contributed by atoms with Gasteiger partial charge in [0.05, 0.1) is 0 Å². The first-order chi connectivity index (χ1) is 11.0. The van der Waals surface area contributed by atoms with Gasteiger partial charge >= 0.3 is 0 Å². The number of ether oxygens (including phenoxy) is 1. The summed E-state index contributed by atoms with van der Waals surface area (Å²) in [6.45, 7) is 2.01. The normalized spacial score (nSPS) is 13.6. The van der Waals surface area contributed by atoms with E-state index in [1.807, 2.05) is 37.3 Å². The van der Waals surface area contributed by atoms with E-state index < -0.39 is 23.5 Å². The summed E-state index contributed by atoms with van der Waals surface area (Å²) in [7, 11) is 0. The molecule has 0 fully saturated rings. The molecule has 0 spiro atoms. The van der Waals surface area contributed by atoms with E-state index in [9.17, 15) is 13.9 Å². The lowest BCUT2D eigenvalue weighted by atomic mass is 10.1. The van der Waals surface area contributed by atoms with Crippen molar-refractivity contribution in [3.63, 3.8) is 0 Å². The average Bonchev–Trinajstić information content (AvgIpc) is 2.52. The molecule has 0 amide bonds. The maximum absolute atomic E-state index is 13.6. The van der Waals surface area contributed by atoms with Crippen LogP contribution in [0.1, 0.15) is 18.5 Å². The molecule has 0 bridgehead atoms. The molecule has 2 rings (SSSR count). The molecule has 0 aliphatic heterocycles. The van der Waals surface area contributed by atoms with Gasteiger partial charge in [-0.05, 0) is 24.6 Å². The summed E-state index contributed by atoms with van der Waals surface area (Å²) in [5.41, 5.74) is 1.09. The molecule has 2 N–H and O–H groups in total. The highest BCUT2D eigenvalue weighted by Crippen LogP contribution is 2.25. The van der Waals surface area contributed by atoms with Crippen molar-refractivity contribution < 1.29 is 18.6 Å². The first kappa shape index (κ1) is 17.8. The monoisotopic (exact) mass is 385 g/mol. The fraction of sp³-hybridized carbons (Fsp3) is 0.294. The number of rotatable bonds is 7. The third-order valence-corrected chi connectivity index (χ3v) is 3.80. The molecular weight excluding hydrogens is 368 g/mol. The van der Waals surface area contributed by atoms with Crippen LogP contribution in [0.15, 0.2) is 46.9 Å². The second-order valence-corrected chi connectivity index (χ2v) is 6.12. The van der Waals surface area contributed by atoms with E-state index >= 15 is 0 Å². The Hall–Kier alpha value is -1.50. The van der Waals surface area contributed by atoms with Crippen LogP contribution in [0.2, 0.25) is 0 Å². The molecule has 0 saturated carbocycles. The van der Waals surface area contributed by atoms with Crippen LogP contribution in [-0.4, -0.2) is 24.4 Å². The summed E-state index contributed by atoms with van der Waals surface area (Å²) in [5.74, 6) is -2.10. The molecule has 0 aliphatic carbocycles. The second kappa shape index (κ2) is 8.38. The van der Waals surface area contributed by atoms with Gasteiger partial charge in [-0.25, -0.2) is 8.78 Å². The highest BCUT2D eigenvalue weighted by molar-refractivity contribution is 9.10. The third kappa shape index (κ3) is 5.27. The summed E-state index contributed by atoms with van der Waals surface area (Å²) in [6.07, 6.45) is -0.886. The first-order valence-corrected chi connectivity index (χ1v) is 8.00. The average molecular weight is 386 g/mol. The van der Waals surface area contributed by atoms with Crippen molar-refractivity contribution in [1.29, 1.82) is 0 Å². The predicted octanol–water partition coefficient (Wildman–Crippen LogP) is 3.82. The van der Waals surface area contributed by atoms with E-state index in [2.05, 4.69) is 21.2 Å². The minimum absolute atomic E-state index is 0.0482. The highest BCUT2D eigenvalue weighted by Gasteiger charge is 2.15. The van der Waals surface area contributed by atoms with Gasteiger partial charge in [-0.1, -0.05) is 46.3 Å². The van der Waals surface area contributed by atoms with Gasteiger partial charge < -0.3 is 15.2 Å². The number of aliphatic hydroxyl groups excluding tert-OH is 1. The largest absolute Gasteiger partial charge is 0.485 e. The first-order valence-electron chi connectivity index (χ1n) is 7.21. The molecule has 23 heavy (non-hydrogen) atoms. The van der Waals surface area contributed by atoms with E-state index in [0.29, 0.717) is 4.47 Å². The van der Waals surface area contributed by atoms with Gasteiger partial charge in [0.25, 0.3) is 0 Å².